The van der Waals surface area contributed by atoms with Crippen LogP contribution in [0.15, 0.2) is 18.2 Å². The molecule has 2 N–H and O–H groups in total. The molecule has 146 valence electrons. The fourth-order valence-corrected chi connectivity index (χ4v) is 3.53. The first-order valence-electron chi connectivity index (χ1n) is 8.59. The Labute approximate surface area is 170 Å². The second-order valence-electron chi connectivity index (χ2n) is 6.25. The number of carbonyl (C=O) groups excluding carboxylic acids is 2. The molecule has 0 saturated carbocycles. The zero-order chi connectivity index (χ0) is 18.2. The number of rotatable bonds is 8. The van der Waals surface area contributed by atoms with E-state index in [1.165, 1.54) is 0 Å². The Morgan fingerprint density at radius 2 is 2.00 bits per heavy atom. The first-order valence-corrected chi connectivity index (χ1v) is 9.35. The van der Waals surface area contributed by atoms with Crippen LogP contribution < -0.4 is 10.6 Å². The van der Waals surface area contributed by atoms with Gasteiger partial charge in [-0.25, -0.2) is 4.79 Å². The smallest absolute Gasteiger partial charge is 0.328 e. The minimum absolute atomic E-state index is 0. The third-order valence-electron chi connectivity index (χ3n) is 4.21. The SMILES string of the molecule is CCOC(=O)C(Cc1cc(Cl)cc(Cl)c1)NC(=O)CCC1CCNC1.Cl. The summed E-state index contributed by atoms with van der Waals surface area (Å²) in [4.78, 5) is 24.5. The third-order valence-corrected chi connectivity index (χ3v) is 4.65. The second-order valence-corrected chi connectivity index (χ2v) is 7.12. The topological polar surface area (TPSA) is 67.4 Å². The predicted octanol–water partition coefficient (Wildman–Crippen LogP) is 3.40. The van der Waals surface area contributed by atoms with Gasteiger partial charge in [-0.1, -0.05) is 23.2 Å². The molecule has 0 radical (unpaired) electrons. The molecule has 0 bridgehead atoms. The molecule has 1 aromatic carbocycles. The van der Waals surface area contributed by atoms with Crippen molar-refractivity contribution in [1.82, 2.24) is 10.6 Å². The average Bonchev–Trinajstić information content (AvgIpc) is 3.05. The van der Waals surface area contributed by atoms with E-state index in [0.717, 1.165) is 31.5 Å². The maximum atomic E-state index is 12.3. The van der Waals surface area contributed by atoms with E-state index in [1.54, 1.807) is 25.1 Å². The van der Waals surface area contributed by atoms with E-state index in [2.05, 4.69) is 10.6 Å². The van der Waals surface area contributed by atoms with Crippen LogP contribution in [0, 0.1) is 5.92 Å². The van der Waals surface area contributed by atoms with E-state index >= 15 is 0 Å². The second kappa shape index (κ2) is 11.7. The van der Waals surface area contributed by atoms with Crippen molar-refractivity contribution < 1.29 is 14.3 Å². The molecule has 2 atom stereocenters. The highest BCUT2D eigenvalue weighted by Crippen LogP contribution is 2.20. The number of esters is 1. The van der Waals surface area contributed by atoms with Crippen LogP contribution in [0.2, 0.25) is 10.0 Å². The van der Waals surface area contributed by atoms with Crippen LogP contribution in [0.5, 0.6) is 0 Å². The highest BCUT2D eigenvalue weighted by molar-refractivity contribution is 6.34. The predicted molar refractivity (Wildman–Crippen MR) is 106 cm³/mol. The number of nitrogens with one attached hydrogen (secondary N) is 2. The van der Waals surface area contributed by atoms with Gasteiger partial charge in [-0.2, -0.15) is 0 Å². The van der Waals surface area contributed by atoms with Crippen LogP contribution in [0.25, 0.3) is 0 Å². The van der Waals surface area contributed by atoms with Crippen molar-refractivity contribution in [2.75, 3.05) is 19.7 Å². The first-order chi connectivity index (χ1) is 12.0. The lowest BCUT2D eigenvalue weighted by atomic mass is 10.0. The number of hydrogen-bond donors (Lipinski definition) is 2. The van der Waals surface area contributed by atoms with Gasteiger partial charge in [-0.05, 0) is 62.5 Å². The summed E-state index contributed by atoms with van der Waals surface area (Å²) in [6.45, 7) is 3.96. The van der Waals surface area contributed by atoms with Gasteiger partial charge in [-0.3, -0.25) is 4.79 Å². The van der Waals surface area contributed by atoms with Gasteiger partial charge >= 0.3 is 5.97 Å². The molecule has 0 aromatic heterocycles. The molecule has 26 heavy (non-hydrogen) atoms. The normalized spacial score (nSPS) is 17.3. The van der Waals surface area contributed by atoms with Crippen LogP contribution in [0.3, 0.4) is 0 Å². The number of ether oxygens (including phenoxy) is 1. The van der Waals surface area contributed by atoms with Gasteiger partial charge in [0.25, 0.3) is 0 Å². The van der Waals surface area contributed by atoms with Crippen LogP contribution in [0.4, 0.5) is 0 Å². The molecule has 1 aromatic rings. The van der Waals surface area contributed by atoms with Crippen LogP contribution in [0.1, 0.15) is 31.7 Å². The van der Waals surface area contributed by atoms with Crippen LogP contribution in [-0.4, -0.2) is 37.6 Å². The molecule has 0 spiro atoms. The van der Waals surface area contributed by atoms with E-state index in [0.29, 0.717) is 22.4 Å². The molecule has 2 rings (SSSR count). The molecular weight excluding hydrogens is 399 g/mol. The van der Waals surface area contributed by atoms with Crippen molar-refractivity contribution in [3.8, 4) is 0 Å². The summed E-state index contributed by atoms with van der Waals surface area (Å²) in [5.41, 5.74) is 0.774. The maximum Gasteiger partial charge on any atom is 0.328 e. The highest BCUT2D eigenvalue weighted by atomic mass is 35.5. The van der Waals surface area contributed by atoms with E-state index in [9.17, 15) is 9.59 Å². The summed E-state index contributed by atoms with van der Waals surface area (Å²) in [6, 6.07) is 4.34. The molecule has 1 aliphatic rings. The zero-order valence-corrected chi connectivity index (χ0v) is 17.1. The van der Waals surface area contributed by atoms with E-state index in [1.807, 2.05) is 0 Å². The summed E-state index contributed by atoms with van der Waals surface area (Å²) in [7, 11) is 0. The third kappa shape index (κ3) is 7.70. The summed E-state index contributed by atoms with van der Waals surface area (Å²) in [5, 5.41) is 7.06. The Bertz CT molecular complexity index is 587. The van der Waals surface area contributed by atoms with Gasteiger partial charge in [0.2, 0.25) is 5.91 Å². The molecule has 5 nitrogen and oxygen atoms in total. The molecule has 2 unspecified atom stereocenters. The molecule has 1 saturated heterocycles. The largest absolute Gasteiger partial charge is 0.464 e. The maximum absolute atomic E-state index is 12.3. The fraction of sp³-hybridized carbons (Fsp3) is 0.556. The number of halogens is 3. The summed E-state index contributed by atoms with van der Waals surface area (Å²) in [6.07, 6.45) is 2.60. The number of carbonyl (C=O) groups is 2. The zero-order valence-electron chi connectivity index (χ0n) is 14.7. The fourth-order valence-electron chi connectivity index (χ4n) is 2.96. The van der Waals surface area contributed by atoms with Gasteiger partial charge in [0.15, 0.2) is 0 Å². The van der Waals surface area contributed by atoms with Crippen molar-refractivity contribution in [2.45, 2.75) is 38.6 Å². The molecule has 1 fully saturated rings. The Morgan fingerprint density at radius 1 is 1.31 bits per heavy atom. The first kappa shape index (κ1) is 23.0. The van der Waals surface area contributed by atoms with E-state index in [-0.39, 0.29) is 31.3 Å². The molecule has 1 heterocycles. The molecule has 1 aliphatic heterocycles. The molecule has 0 aliphatic carbocycles. The van der Waals surface area contributed by atoms with Crippen molar-refractivity contribution in [3.05, 3.63) is 33.8 Å². The van der Waals surface area contributed by atoms with Crippen LogP contribution >= 0.6 is 35.6 Å². The van der Waals surface area contributed by atoms with E-state index in [4.69, 9.17) is 27.9 Å². The van der Waals surface area contributed by atoms with Gasteiger partial charge in [0.1, 0.15) is 6.04 Å². The van der Waals surface area contributed by atoms with Gasteiger partial charge in [0.05, 0.1) is 6.61 Å². The highest BCUT2D eigenvalue weighted by Gasteiger charge is 2.24. The lowest BCUT2D eigenvalue weighted by Crippen LogP contribution is -2.43. The monoisotopic (exact) mass is 422 g/mol. The Kier molecular flexibility index (Phi) is 10.3. The minimum atomic E-state index is -0.747. The van der Waals surface area contributed by atoms with Crippen molar-refractivity contribution in [2.24, 2.45) is 5.92 Å². The Morgan fingerprint density at radius 3 is 2.58 bits per heavy atom. The molecule has 1 amide bonds. The Hall–Kier alpha value is -1.01. The van der Waals surface area contributed by atoms with Gasteiger partial charge < -0.3 is 15.4 Å². The summed E-state index contributed by atoms with van der Waals surface area (Å²) >= 11 is 12.0. The minimum Gasteiger partial charge on any atom is -0.464 e. The summed E-state index contributed by atoms with van der Waals surface area (Å²) < 4.78 is 5.09. The lowest BCUT2D eigenvalue weighted by Gasteiger charge is -2.18. The average molecular weight is 424 g/mol. The van der Waals surface area contributed by atoms with Crippen molar-refractivity contribution in [3.63, 3.8) is 0 Å². The number of hydrogen-bond acceptors (Lipinski definition) is 4. The van der Waals surface area contributed by atoms with Crippen molar-refractivity contribution in [1.29, 1.82) is 0 Å². The number of benzene rings is 1. The molecular formula is C18H25Cl3N2O3. The summed E-state index contributed by atoms with van der Waals surface area (Å²) in [5.74, 6) is -0.0638. The van der Waals surface area contributed by atoms with Gasteiger partial charge in [0, 0.05) is 22.9 Å². The van der Waals surface area contributed by atoms with E-state index < -0.39 is 12.0 Å². The quantitative estimate of drug-likeness (QED) is 0.629. The van der Waals surface area contributed by atoms with Gasteiger partial charge in [-0.15, -0.1) is 12.4 Å². The number of amides is 1. The standard InChI is InChI=1S/C18H24Cl2N2O3.ClH/c1-2-25-18(24)16(9-13-7-14(19)10-15(20)8-13)22-17(23)4-3-12-5-6-21-11-12;/h7-8,10,12,16,21H,2-6,9,11H2,1H3,(H,22,23);1H. The molecule has 8 heteroatoms. The lowest BCUT2D eigenvalue weighted by molar-refractivity contribution is -0.147. The Balaban J connectivity index is 0.00000338. The van der Waals surface area contributed by atoms with Crippen molar-refractivity contribution >= 4 is 47.5 Å². The van der Waals surface area contributed by atoms with Crippen LogP contribution in [-0.2, 0) is 20.7 Å².